The molecule has 0 fully saturated rings. The normalized spacial score (nSPS) is 10.3. The van der Waals surface area contributed by atoms with Crippen molar-refractivity contribution in [1.82, 2.24) is 0 Å². The maximum absolute atomic E-state index is 5.71. The molecule has 0 aliphatic heterocycles. The third-order valence-corrected chi connectivity index (χ3v) is 3.79. The molecule has 0 radical (unpaired) electrons. The van der Waals surface area contributed by atoms with Gasteiger partial charge in [-0.25, -0.2) is 0 Å². The fourth-order valence-electron chi connectivity index (χ4n) is 2.12. The lowest BCUT2D eigenvalue weighted by Crippen LogP contribution is -1.89. The first-order valence-corrected chi connectivity index (χ1v) is 7.48. The van der Waals surface area contributed by atoms with E-state index in [0.717, 1.165) is 21.5 Å². The SMILES string of the molecule is Nc1ccc(-c2ccc(Nc3ccc(Br)cc3)cc2)cc1. The van der Waals surface area contributed by atoms with Gasteiger partial charge < -0.3 is 11.1 Å². The first kappa shape index (κ1) is 13.7. The maximum Gasteiger partial charge on any atom is 0.0384 e. The highest BCUT2D eigenvalue weighted by Crippen LogP contribution is 2.24. The Labute approximate surface area is 132 Å². The number of hydrogen-bond acceptors (Lipinski definition) is 2. The molecule has 2 nitrogen and oxygen atoms in total. The van der Waals surface area contributed by atoms with Crippen molar-refractivity contribution in [2.24, 2.45) is 0 Å². The lowest BCUT2D eigenvalue weighted by molar-refractivity contribution is 1.53. The van der Waals surface area contributed by atoms with E-state index in [0.29, 0.717) is 0 Å². The fourth-order valence-corrected chi connectivity index (χ4v) is 2.39. The summed E-state index contributed by atoms with van der Waals surface area (Å²) >= 11 is 3.43. The highest BCUT2D eigenvalue weighted by molar-refractivity contribution is 9.10. The van der Waals surface area contributed by atoms with Crippen LogP contribution in [0.4, 0.5) is 17.1 Å². The van der Waals surface area contributed by atoms with Crippen LogP contribution in [0.2, 0.25) is 0 Å². The molecule has 0 amide bonds. The summed E-state index contributed by atoms with van der Waals surface area (Å²) in [6.07, 6.45) is 0. The second kappa shape index (κ2) is 6.02. The minimum absolute atomic E-state index is 0.785. The molecule has 3 N–H and O–H groups in total. The Kier molecular flexibility index (Phi) is 3.93. The molecule has 0 aliphatic rings. The molecule has 0 saturated carbocycles. The van der Waals surface area contributed by atoms with Gasteiger partial charge in [0, 0.05) is 21.5 Å². The van der Waals surface area contributed by atoms with E-state index in [1.807, 2.05) is 48.5 Å². The molecule has 0 saturated heterocycles. The van der Waals surface area contributed by atoms with E-state index in [9.17, 15) is 0 Å². The smallest absolute Gasteiger partial charge is 0.0384 e. The van der Waals surface area contributed by atoms with Gasteiger partial charge in [0.25, 0.3) is 0 Å². The number of rotatable bonds is 3. The van der Waals surface area contributed by atoms with Gasteiger partial charge in [0.1, 0.15) is 0 Å². The zero-order valence-electron chi connectivity index (χ0n) is 11.4. The predicted octanol–water partition coefficient (Wildman–Crippen LogP) is 5.44. The summed E-state index contributed by atoms with van der Waals surface area (Å²) in [6.45, 7) is 0. The summed E-state index contributed by atoms with van der Waals surface area (Å²) in [5, 5.41) is 3.38. The second-order valence-electron chi connectivity index (χ2n) is 4.83. The van der Waals surface area contributed by atoms with Gasteiger partial charge in [0.2, 0.25) is 0 Å². The van der Waals surface area contributed by atoms with Crippen molar-refractivity contribution < 1.29 is 0 Å². The van der Waals surface area contributed by atoms with Gasteiger partial charge in [0.05, 0.1) is 0 Å². The molecular formula is C18H15BrN2. The van der Waals surface area contributed by atoms with Gasteiger partial charge in [-0.1, -0.05) is 40.2 Å². The summed E-state index contributed by atoms with van der Waals surface area (Å²) in [6, 6.07) is 24.4. The van der Waals surface area contributed by atoms with Gasteiger partial charge in [-0.05, 0) is 59.7 Å². The summed E-state index contributed by atoms with van der Waals surface area (Å²) < 4.78 is 1.08. The van der Waals surface area contributed by atoms with Crippen LogP contribution in [0.15, 0.2) is 77.3 Å². The van der Waals surface area contributed by atoms with Gasteiger partial charge >= 0.3 is 0 Å². The minimum Gasteiger partial charge on any atom is -0.399 e. The summed E-state index contributed by atoms with van der Waals surface area (Å²) in [5.74, 6) is 0. The standard InChI is InChI=1S/C18H15BrN2/c19-15-5-11-18(12-6-15)21-17-9-3-14(4-10-17)13-1-7-16(20)8-2-13/h1-12,21H,20H2. The van der Waals surface area contributed by atoms with Crippen LogP contribution >= 0.6 is 15.9 Å². The van der Waals surface area contributed by atoms with Crippen LogP contribution in [-0.2, 0) is 0 Å². The highest BCUT2D eigenvalue weighted by atomic mass is 79.9. The molecule has 3 heteroatoms. The van der Waals surface area contributed by atoms with Crippen LogP contribution in [0.1, 0.15) is 0 Å². The molecule has 3 aromatic rings. The van der Waals surface area contributed by atoms with E-state index < -0.39 is 0 Å². The van der Waals surface area contributed by atoms with Crippen LogP contribution in [0.3, 0.4) is 0 Å². The molecule has 0 aromatic heterocycles. The topological polar surface area (TPSA) is 38.0 Å². The predicted molar refractivity (Wildman–Crippen MR) is 93.7 cm³/mol. The average Bonchev–Trinajstić information content (AvgIpc) is 2.51. The Morgan fingerprint density at radius 2 is 1.05 bits per heavy atom. The van der Waals surface area contributed by atoms with E-state index in [1.165, 1.54) is 11.1 Å². The Morgan fingerprint density at radius 3 is 1.57 bits per heavy atom. The summed E-state index contributed by atoms with van der Waals surface area (Å²) in [7, 11) is 0. The van der Waals surface area contributed by atoms with Crippen LogP contribution in [0, 0.1) is 0 Å². The fraction of sp³-hybridized carbons (Fsp3) is 0. The molecule has 0 atom stereocenters. The van der Waals surface area contributed by atoms with E-state index in [2.05, 4.69) is 45.5 Å². The van der Waals surface area contributed by atoms with E-state index in [1.54, 1.807) is 0 Å². The Balaban J connectivity index is 1.77. The first-order chi connectivity index (χ1) is 10.2. The minimum atomic E-state index is 0.785. The van der Waals surface area contributed by atoms with Crippen LogP contribution in [0.25, 0.3) is 11.1 Å². The van der Waals surface area contributed by atoms with Crippen molar-refractivity contribution in [3.63, 3.8) is 0 Å². The molecule has 0 spiro atoms. The zero-order valence-corrected chi connectivity index (χ0v) is 13.0. The van der Waals surface area contributed by atoms with Crippen molar-refractivity contribution >= 4 is 33.0 Å². The number of nitrogens with one attached hydrogen (secondary N) is 1. The van der Waals surface area contributed by atoms with Crippen molar-refractivity contribution in [2.75, 3.05) is 11.1 Å². The molecule has 104 valence electrons. The van der Waals surface area contributed by atoms with Gasteiger partial charge in [-0.3, -0.25) is 0 Å². The third-order valence-electron chi connectivity index (χ3n) is 3.26. The van der Waals surface area contributed by atoms with Crippen LogP contribution in [-0.4, -0.2) is 0 Å². The van der Waals surface area contributed by atoms with E-state index in [-0.39, 0.29) is 0 Å². The van der Waals surface area contributed by atoms with Crippen LogP contribution < -0.4 is 11.1 Å². The van der Waals surface area contributed by atoms with Gasteiger partial charge in [-0.15, -0.1) is 0 Å². The Morgan fingerprint density at radius 1 is 0.619 bits per heavy atom. The molecule has 0 bridgehead atoms. The third kappa shape index (κ3) is 3.44. The monoisotopic (exact) mass is 338 g/mol. The average molecular weight is 339 g/mol. The van der Waals surface area contributed by atoms with E-state index >= 15 is 0 Å². The lowest BCUT2D eigenvalue weighted by atomic mass is 10.1. The van der Waals surface area contributed by atoms with Gasteiger partial charge in [-0.2, -0.15) is 0 Å². The molecule has 0 heterocycles. The number of nitrogen functional groups attached to an aromatic ring is 1. The number of hydrogen-bond donors (Lipinski definition) is 2. The summed E-state index contributed by atoms with van der Waals surface area (Å²) in [5.41, 5.74) is 11.0. The van der Waals surface area contributed by atoms with E-state index in [4.69, 9.17) is 5.73 Å². The molecule has 0 unspecified atom stereocenters. The number of halogens is 1. The quantitative estimate of drug-likeness (QED) is 0.624. The van der Waals surface area contributed by atoms with Crippen LogP contribution in [0.5, 0.6) is 0 Å². The molecule has 3 rings (SSSR count). The molecule has 0 aliphatic carbocycles. The number of anilines is 3. The molecule has 3 aromatic carbocycles. The number of nitrogens with two attached hydrogens (primary N) is 1. The first-order valence-electron chi connectivity index (χ1n) is 6.69. The second-order valence-corrected chi connectivity index (χ2v) is 5.75. The number of benzene rings is 3. The Bertz CT molecular complexity index is 717. The van der Waals surface area contributed by atoms with Crippen molar-refractivity contribution in [3.8, 4) is 11.1 Å². The molecule has 21 heavy (non-hydrogen) atoms. The summed E-state index contributed by atoms with van der Waals surface area (Å²) in [4.78, 5) is 0. The van der Waals surface area contributed by atoms with Crippen molar-refractivity contribution in [2.45, 2.75) is 0 Å². The largest absolute Gasteiger partial charge is 0.399 e. The van der Waals surface area contributed by atoms with Crippen molar-refractivity contribution in [3.05, 3.63) is 77.3 Å². The maximum atomic E-state index is 5.71. The molecular weight excluding hydrogens is 324 g/mol. The zero-order chi connectivity index (χ0) is 14.7. The van der Waals surface area contributed by atoms with Gasteiger partial charge in [0.15, 0.2) is 0 Å². The van der Waals surface area contributed by atoms with Crippen molar-refractivity contribution in [1.29, 1.82) is 0 Å². The Hall–Kier alpha value is -2.26. The lowest BCUT2D eigenvalue weighted by Gasteiger charge is -2.08. The highest BCUT2D eigenvalue weighted by Gasteiger charge is 1.99.